The zero-order valence-corrected chi connectivity index (χ0v) is 11.0. The SMILES string of the molecule is CC(C)[O-].CC(C)[O-].CC(C)[O-].[Ti+3]. The van der Waals surface area contributed by atoms with Crippen LogP contribution in [0.25, 0.3) is 0 Å². The van der Waals surface area contributed by atoms with Crippen LogP contribution in [0.5, 0.6) is 0 Å². The second kappa shape index (κ2) is 18.4. The van der Waals surface area contributed by atoms with Gasteiger partial charge in [0, 0.05) is 0 Å². The van der Waals surface area contributed by atoms with Crippen molar-refractivity contribution in [2.24, 2.45) is 0 Å². The molecule has 0 aliphatic carbocycles. The summed E-state index contributed by atoms with van der Waals surface area (Å²) >= 11 is 0. The van der Waals surface area contributed by atoms with Crippen molar-refractivity contribution in [2.75, 3.05) is 0 Å². The van der Waals surface area contributed by atoms with Crippen LogP contribution in [-0.4, -0.2) is 18.3 Å². The van der Waals surface area contributed by atoms with E-state index in [1.807, 2.05) is 0 Å². The molecule has 0 amide bonds. The molecular formula is C9H21O3Ti. The molecule has 0 N–H and O–H groups in total. The Morgan fingerprint density at radius 3 is 0.538 bits per heavy atom. The molecule has 0 aliphatic rings. The van der Waals surface area contributed by atoms with E-state index in [0.29, 0.717) is 0 Å². The smallest absolute Gasteiger partial charge is 0.852 e. The summed E-state index contributed by atoms with van der Waals surface area (Å²) in [7, 11) is 0. The number of hydrogen-bond donors (Lipinski definition) is 0. The first-order chi connectivity index (χ1) is 5.20. The molecule has 79 valence electrons. The molecule has 0 heterocycles. The molecular weight excluding hydrogens is 204 g/mol. The first-order valence-corrected chi connectivity index (χ1v) is 4.17. The minimum atomic E-state index is -0.417. The molecule has 0 unspecified atom stereocenters. The van der Waals surface area contributed by atoms with Gasteiger partial charge in [0.05, 0.1) is 0 Å². The van der Waals surface area contributed by atoms with Crippen LogP contribution in [-0.2, 0) is 21.7 Å². The largest absolute Gasteiger partial charge is 3.00 e. The van der Waals surface area contributed by atoms with Gasteiger partial charge >= 0.3 is 21.7 Å². The first-order valence-electron chi connectivity index (χ1n) is 4.17. The monoisotopic (exact) mass is 225 g/mol. The summed E-state index contributed by atoms with van der Waals surface area (Å²) in [4.78, 5) is 0. The van der Waals surface area contributed by atoms with Gasteiger partial charge in [0.1, 0.15) is 0 Å². The molecule has 0 aromatic rings. The molecule has 0 aromatic carbocycles. The molecule has 0 aromatic heterocycles. The molecule has 0 saturated heterocycles. The second-order valence-electron chi connectivity index (χ2n) is 3.15. The minimum Gasteiger partial charge on any atom is -0.852 e. The van der Waals surface area contributed by atoms with Gasteiger partial charge in [0.15, 0.2) is 0 Å². The Morgan fingerprint density at radius 2 is 0.538 bits per heavy atom. The molecule has 0 atom stereocenters. The van der Waals surface area contributed by atoms with E-state index in [9.17, 15) is 15.3 Å². The van der Waals surface area contributed by atoms with Gasteiger partial charge in [0.2, 0.25) is 0 Å². The van der Waals surface area contributed by atoms with E-state index in [4.69, 9.17) is 0 Å². The van der Waals surface area contributed by atoms with Crippen LogP contribution in [0.1, 0.15) is 41.5 Å². The van der Waals surface area contributed by atoms with Crippen molar-refractivity contribution in [1.82, 2.24) is 0 Å². The molecule has 13 heavy (non-hydrogen) atoms. The molecule has 0 saturated carbocycles. The van der Waals surface area contributed by atoms with Crippen molar-refractivity contribution >= 4 is 0 Å². The molecule has 0 aliphatic heterocycles. The predicted octanol–water partition coefficient (Wildman–Crippen LogP) is -0.737. The molecule has 4 heteroatoms. The van der Waals surface area contributed by atoms with E-state index in [1.165, 1.54) is 0 Å². The second-order valence-corrected chi connectivity index (χ2v) is 3.15. The maximum Gasteiger partial charge on any atom is 3.00 e. The van der Waals surface area contributed by atoms with E-state index >= 15 is 0 Å². The number of rotatable bonds is 0. The van der Waals surface area contributed by atoms with Crippen LogP contribution in [0.4, 0.5) is 0 Å². The van der Waals surface area contributed by atoms with Gasteiger partial charge in [-0.25, -0.2) is 0 Å². The topological polar surface area (TPSA) is 69.2 Å². The third-order valence-electron chi connectivity index (χ3n) is 0. The standard InChI is InChI=1S/3C3H7O.Ti/c3*1-3(2)4;/h3*3H,1-2H3;/q3*-1;+3. The zero-order valence-electron chi connectivity index (χ0n) is 9.46. The van der Waals surface area contributed by atoms with E-state index < -0.39 is 18.3 Å². The zero-order chi connectivity index (χ0) is 10.7. The Morgan fingerprint density at radius 1 is 0.538 bits per heavy atom. The third kappa shape index (κ3) is 4000. The van der Waals surface area contributed by atoms with Gasteiger partial charge in [-0.3, -0.25) is 0 Å². The van der Waals surface area contributed by atoms with Crippen LogP contribution in [0.15, 0.2) is 0 Å². The van der Waals surface area contributed by atoms with Crippen LogP contribution in [0, 0.1) is 0 Å². The van der Waals surface area contributed by atoms with Crippen molar-refractivity contribution in [3.8, 4) is 0 Å². The fraction of sp³-hybridized carbons (Fsp3) is 1.00. The summed E-state index contributed by atoms with van der Waals surface area (Å²) in [6, 6.07) is 0. The molecule has 0 spiro atoms. The first kappa shape index (κ1) is 23.4. The van der Waals surface area contributed by atoms with Gasteiger partial charge in [-0.2, -0.15) is 0 Å². The summed E-state index contributed by atoms with van der Waals surface area (Å²) in [5.41, 5.74) is 0. The minimum absolute atomic E-state index is 0. The van der Waals surface area contributed by atoms with Crippen molar-refractivity contribution < 1.29 is 37.0 Å². The Balaban J connectivity index is -0.0000000450. The Kier molecular flexibility index (Phi) is 33.1. The summed E-state index contributed by atoms with van der Waals surface area (Å²) < 4.78 is 0. The fourth-order valence-corrected chi connectivity index (χ4v) is 0. The summed E-state index contributed by atoms with van der Waals surface area (Å²) in [5.74, 6) is 0. The molecule has 0 rings (SSSR count). The predicted molar refractivity (Wildman–Crippen MR) is 45.4 cm³/mol. The summed E-state index contributed by atoms with van der Waals surface area (Å²) in [6.45, 7) is 9.67. The Bertz CT molecular complexity index is 43.4. The van der Waals surface area contributed by atoms with Gasteiger partial charge in [-0.15, -0.1) is 18.3 Å². The average Bonchev–Trinajstić information content (AvgIpc) is 1.54. The van der Waals surface area contributed by atoms with Gasteiger partial charge < -0.3 is 15.3 Å². The van der Waals surface area contributed by atoms with Crippen LogP contribution in [0.3, 0.4) is 0 Å². The van der Waals surface area contributed by atoms with E-state index in [1.54, 1.807) is 41.5 Å². The van der Waals surface area contributed by atoms with Crippen molar-refractivity contribution in [3.05, 3.63) is 0 Å². The summed E-state index contributed by atoms with van der Waals surface area (Å²) in [5, 5.41) is 28.6. The molecule has 1 radical (unpaired) electrons. The van der Waals surface area contributed by atoms with E-state index in [0.717, 1.165) is 0 Å². The Labute approximate surface area is 97.1 Å². The number of hydrogen-bond acceptors (Lipinski definition) is 3. The Hall–Kier alpha value is 0.594. The third-order valence-corrected chi connectivity index (χ3v) is 0. The van der Waals surface area contributed by atoms with Gasteiger partial charge in [-0.05, 0) is 0 Å². The maximum atomic E-state index is 9.53. The normalized spacial score (nSPS) is 8.31. The molecule has 0 bridgehead atoms. The fourth-order valence-electron chi connectivity index (χ4n) is 0. The van der Waals surface area contributed by atoms with Crippen molar-refractivity contribution in [3.63, 3.8) is 0 Å². The van der Waals surface area contributed by atoms with E-state index in [2.05, 4.69) is 0 Å². The molecule has 3 nitrogen and oxygen atoms in total. The van der Waals surface area contributed by atoms with Crippen LogP contribution >= 0.6 is 0 Å². The maximum absolute atomic E-state index is 9.53. The molecule has 0 fully saturated rings. The quantitative estimate of drug-likeness (QED) is 0.510. The summed E-state index contributed by atoms with van der Waals surface area (Å²) in [6.07, 6.45) is -1.25. The van der Waals surface area contributed by atoms with Crippen LogP contribution < -0.4 is 15.3 Å². The van der Waals surface area contributed by atoms with Crippen molar-refractivity contribution in [1.29, 1.82) is 0 Å². The van der Waals surface area contributed by atoms with E-state index in [-0.39, 0.29) is 21.7 Å². The van der Waals surface area contributed by atoms with Gasteiger partial charge in [-0.1, -0.05) is 41.5 Å². The van der Waals surface area contributed by atoms with Gasteiger partial charge in [0.25, 0.3) is 0 Å². The average molecular weight is 225 g/mol. The van der Waals surface area contributed by atoms with Crippen molar-refractivity contribution in [2.45, 2.75) is 59.9 Å². The van der Waals surface area contributed by atoms with Crippen LogP contribution in [0.2, 0.25) is 0 Å².